The molecule has 3 atom stereocenters. The molecule has 1 aliphatic heterocycles. The van der Waals surface area contributed by atoms with Crippen molar-refractivity contribution in [3.8, 4) is 0 Å². The molecule has 0 bridgehead atoms. The maximum absolute atomic E-state index is 12.4. The van der Waals surface area contributed by atoms with E-state index in [0.29, 0.717) is 12.0 Å². The summed E-state index contributed by atoms with van der Waals surface area (Å²) in [4.78, 5) is 24.9. The second kappa shape index (κ2) is 7.25. The molecule has 1 heterocycles. The normalized spacial score (nSPS) is 35.0. The van der Waals surface area contributed by atoms with Crippen molar-refractivity contribution in [2.45, 2.75) is 64.5 Å². The highest BCUT2D eigenvalue weighted by molar-refractivity contribution is 5.80. The number of piperidine rings is 1. The van der Waals surface area contributed by atoms with E-state index in [2.05, 4.69) is 12.2 Å². The number of carbonyl (C=O) groups is 2. The average Bonchev–Trinajstić information content (AvgIpc) is 2.49. The Morgan fingerprint density at radius 1 is 1.14 bits per heavy atom. The van der Waals surface area contributed by atoms with Gasteiger partial charge in [-0.25, -0.2) is 0 Å². The maximum Gasteiger partial charge on any atom is 0.278 e. The lowest BCUT2D eigenvalue weighted by molar-refractivity contribution is -0.919. The Bertz CT molecular complexity index is 378. The predicted octanol–water partition coefficient (Wildman–Crippen LogP) is -0.150. The van der Waals surface area contributed by atoms with E-state index in [1.807, 2.05) is 6.92 Å². The molecule has 1 saturated heterocycles. The highest BCUT2D eigenvalue weighted by Crippen LogP contribution is 2.23. The first kappa shape index (κ1) is 16.3. The van der Waals surface area contributed by atoms with Gasteiger partial charge in [0.25, 0.3) is 5.91 Å². The zero-order valence-electron chi connectivity index (χ0n) is 13.4. The predicted molar refractivity (Wildman–Crippen MR) is 81.6 cm³/mol. The van der Waals surface area contributed by atoms with Gasteiger partial charge in [-0.15, -0.1) is 0 Å². The molecule has 2 aliphatic rings. The molecule has 1 aliphatic carbocycles. The van der Waals surface area contributed by atoms with Crippen LogP contribution in [-0.4, -0.2) is 37.0 Å². The van der Waals surface area contributed by atoms with Crippen LogP contribution in [0.15, 0.2) is 0 Å². The van der Waals surface area contributed by atoms with E-state index >= 15 is 0 Å². The topological polar surface area (TPSA) is 76.6 Å². The first-order valence-corrected chi connectivity index (χ1v) is 8.43. The van der Waals surface area contributed by atoms with Crippen LogP contribution >= 0.6 is 0 Å². The lowest BCUT2D eigenvalue weighted by Crippen LogP contribution is -3.17. The summed E-state index contributed by atoms with van der Waals surface area (Å²) in [5.74, 6) is 0.566. The summed E-state index contributed by atoms with van der Waals surface area (Å²) in [6, 6.07) is 0.309. The molecule has 0 radical (unpaired) electrons. The van der Waals surface area contributed by atoms with Crippen molar-refractivity contribution >= 4 is 11.8 Å². The zero-order chi connectivity index (χ0) is 15.4. The van der Waals surface area contributed by atoms with Gasteiger partial charge in [0, 0.05) is 24.8 Å². The van der Waals surface area contributed by atoms with Crippen molar-refractivity contribution in [1.29, 1.82) is 0 Å². The lowest BCUT2D eigenvalue weighted by atomic mass is 9.86. The van der Waals surface area contributed by atoms with Gasteiger partial charge in [0.05, 0.1) is 13.1 Å². The summed E-state index contributed by atoms with van der Waals surface area (Å²) >= 11 is 0. The number of amides is 2. The zero-order valence-corrected chi connectivity index (χ0v) is 13.4. The van der Waals surface area contributed by atoms with Gasteiger partial charge in [-0.3, -0.25) is 9.59 Å². The van der Waals surface area contributed by atoms with E-state index in [9.17, 15) is 9.59 Å². The monoisotopic (exact) mass is 296 g/mol. The summed E-state index contributed by atoms with van der Waals surface area (Å²) in [6.45, 7) is 5.97. The van der Waals surface area contributed by atoms with Crippen LogP contribution in [0.5, 0.6) is 0 Å². The third kappa shape index (κ3) is 4.19. The number of primary amides is 1. The van der Waals surface area contributed by atoms with E-state index in [4.69, 9.17) is 5.73 Å². The third-order valence-corrected chi connectivity index (χ3v) is 5.47. The van der Waals surface area contributed by atoms with E-state index in [0.717, 1.165) is 32.4 Å². The number of carbonyl (C=O) groups excluding carboxylic acids is 2. The van der Waals surface area contributed by atoms with Crippen molar-refractivity contribution in [2.24, 2.45) is 17.6 Å². The van der Waals surface area contributed by atoms with Gasteiger partial charge in [-0.1, -0.05) is 19.8 Å². The molecule has 0 aromatic carbocycles. The van der Waals surface area contributed by atoms with Crippen molar-refractivity contribution < 1.29 is 14.5 Å². The first-order valence-electron chi connectivity index (χ1n) is 8.43. The minimum atomic E-state index is -0.192. The summed E-state index contributed by atoms with van der Waals surface area (Å²) < 4.78 is 0. The number of likely N-dealkylation sites (tertiary alicyclic amines) is 1. The van der Waals surface area contributed by atoms with Crippen molar-refractivity contribution in [3.63, 3.8) is 0 Å². The van der Waals surface area contributed by atoms with E-state index in [1.54, 1.807) is 0 Å². The van der Waals surface area contributed by atoms with Crippen molar-refractivity contribution in [1.82, 2.24) is 5.32 Å². The minimum absolute atomic E-state index is 0.00220. The number of nitrogens with one attached hydrogen (secondary N) is 2. The molecule has 21 heavy (non-hydrogen) atoms. The fourth-order valence-corrected chi connectivity index (χ4v) is 3.73. The molecular weight excluding hydrogens is 266 g/mol. The Balaban J connectivity index is 1.81. The Morgan fingerprint density at radius 3 is 2.33 bits per heavy atom. The first-order chi connectivity index (χ1) is 9.99. The molecule has 2 fully saturated rings. The van der Waals surface area contributed by atoms with Crippen LogP contribution in [0.1, 0.15) is 52.4 Å². The standard InChI is InChI=1S/C16H29N3O2/c1-11-5-3-4-6-14(11)18-16(21)12(2)19-9-7-13(8-10-19)15(17)20/h11-14H,3-10H2,1-2H3,(H2,17,20)(H,18,21)/p+1/t11-,12+,14-/m0/s1. The number of nitrogens with two attached hydrogens (primary N) is 1. The van der Waals surface area contributed by atoms with Crippen LogP contribution in [0.2, 0.25) is 0 Å². The van der Waals surface area contributed by atoms with Gasteiger partial charge in [-0.05, 0) is 25.7 Å². The fourth-order valence-electron chi connectivity index (χ4n) is 3.73. The smallest absolute Gasteiger partial charge is 0.278 e. The van der Waals surface area contributed by atoms with Crippen LogP contribution in [0.4, 0.5) is 0 Å². The summed E-state index contributed by atoms with van der Waals surface area (Å²) in [5, 5.41) is 3.25. The number of hydrogen-bond acceptors (Lipinski definition) is 2. The largest absolute Gasteiger partial charge is 0.369 e. The number of quaternary nitrogens is 1. The highest BCUT2D eigenvalue weighted by atomic mass is 16.2. The van der Waals surface area contributed by atoms with Crippen LogP contribution in [0, 0.1) is 11.8 Å². The van der Waals surface area contributed by atoms with E-state index in [-0.39, 0.29) is 23.8 Å². The van der Waals surface area contributed by atoms with Gasteiger partial charge >= 0.3 is 0 Å². The van der Waals surface area contributed by atoms with Gasteiger partial charge in [0.1, 0.15) is 0 Å². The molecule has 2 amide bonds. The van der Waals surface area contributed by atoms with Gasteiger partial charge < -0.3 is 16.0 Å². The van der Waals surface area contributed by atoms with Gasteiger partial charge in [-0.2, -0.15) is 0 Å². The van der Waals surface area contributed by atoms with Crippen molar-refractivity contribution in [2.75, 3.05) is 13.1 Å². The SMILES string of the molecule is C[C@H](C(=O)N[C@H]1CCCC[C@@H]1C)[NH+]1CCC(C(N)=O)CC1. The van der Waals surface area contributed by atoms with Crippen LogP contribution < -0.4 is 16.0 Å². The van der Waals surface area contributed by atoms with Gasteiger partial charge in [0.15, 0.2) is 6.04 Å². The summed E-state index contributed by atoms with van der Waals surface area (Å²) in [7, 11) is 0. The number of hydrogen-bond donors (Lipinski definition) is 3. The van der Waals surface area contributed by atoms with E-state index < -0.39 is 0 Å². The van der Waals surface area contributed by atoms with Crippen LogP contribution in [0.3, 0.4) is 0 Å². The summed E-state index contributed by atoms with van der Waals surface area (Å²) in [5.41, 5.74) is 5.36. The van der Waals surface area contributed by atoms with Crippen molar-refractivity contribution in [3.05, 3.63) is 0 Å². The molecule has 4 N–H and O–H groups in total. The van der Waals surface area contributed by atoms with E-state index in [1.165, 1.54) is 24.2 Å². The molecule has 120 valence electrons. The Morgan fingerprint density at radius 2 is 1.76 bits per heavy atom. The van der Waals surface area contributed by atoms with Crippen LogP contribution in [-0.2, 0) is 9.59 Å². The minimum Gasteiger partial charge on any atom is -0.369 e. The quantitative estimate of drug-likeness (QED) is 0.675. The van der Waals surface area contributed by atoms with Gasteiger partial charge in [0.2, 0.25) is 5.91 Å². The molecular formula is C16H30N3O2+. The third-order valence-electron chi connectivity index (χ3n) is 5.47. The number of rotatable bonds is 4. The van der Waals surface area contributed by atoms with Crippen LogP contribution in [0.25, 0.3) is 0 Å². The molecule has 1 saturated carbocycles. The average molecular weight is 296 g/mol. The molecule has 0 spiro atoms. The molecule has 5 nitrogen and oxygen atoms in total. The Hall–Kier alpha value is -1.10. The second-order valence-corrected chi connectivity index (χ2v) is 6.93. The highest BCUT2D eigenvalue weighted by Gasteiger charge is 2.33. The second-order valence-electron chi connectivity index (χ2n) is 6.93. The lowest BCUT2D eigenvalue weighted by Gasteiger charge is -2.34. The fraction of sp³-hybridized carbons (Fsp3) is 0.875. The molecule has 0 unspecified atom stereocenters. The molecule has 2 rings (SSSR count). The molecule has 5 heteroatoms. The molecule has 0 aromatic heterocycles. The Labute approximate surface area is 127 Å². The summed E-state index contributed by atoms with van der Waals surface area (Å²) in [6.07, 6.45) is 6.45. The molecule has 0 aromatic rings. The maximum atomic E-state index is 12.4. The Kier molecular flexibility index (Phi) is 5.62.